The average molecular weight is 218 g/mol. The SMILES string of the molecule is C=CC1([Si](OC)(OC)OC)C=C(F)C1. The Morgan fingerprint density at radius 2 is 1.86 bits per heavy atom. The maximum Gasteiger partial charge on any atom is 0.515 e. The minimum absolute atomic E-state index is 0.173. The Bertz CT molecular complexity index is 255. The summed E-state index contributed by atoms with van der Waals surface area (Å²) in [5.41, 5.74) is 0. The van der Waals surface area contributed by atoms with Gasteiger partial charge in [-0.3, -0.25) is 0 Å². The second-order valence-corrected chi connectivity index (χ2v) is 6.45. The van der Waals surface area contributed by atoms with Crippen molar-refractivity contribution >= 4 is 8.80 Å². The summed E-state index contributed by atoms with van der Waals surface area (Å²) in [5.74, 6) is -0.173. The van der Waals surface area contributed by atoms with Crippen LogP contribution in [0.5, 0.6) is 0 Å². The minimum Gasteiger partial charge on any atom is -0.376 e. The molecule has 0 fully saturated rings. The van der Waals surface area contributed by atoms with E-state index in [-0.39, 0.29) is 12.2 Å². The monoisotopic (exact) mass is 218 g/mol. The second-order valence-electron chi connectivity index (χ2n) is 3.18. The fourth-order valence-corrected chi connectivity index (χ4v) is 4.41. The van der Waals surface area contributed by atoms with E-state index >= 15 is 0 Å². The molecular weight excluding hydrogens is 203 g/mol. The number of hydrogen-bond acceptors (Lipinski definition) is 3. The average Bonchev–Trinajstić information content (AvgIpc) is 2.17. The van der Waals surface area contributed by atoms with Crippen LogP contribution in [0.15, 0.2) is 24.6 Å². The Balaban J connectivity index is 3.03. The van der Waals surface area contributed by atoms with Crippen LogP contribution in [-0.4, -0.2) is 30.1 Å². The zero-order valence-electron chi connectivity index (χ0n) is 8.67. The van der Waals surface area contributed by atoms with Crippen molar-refractivity contribution in [2.45, 2.75) is 11.5 Å². The van der Waals surface area contributed by atoms with E-state index in [1.807, 2.05) is 0 Å². The molecule has 1 aliphatic rings. The molecule has 14 heavy (non-hydrogen) atoms. The van der Waals surface area contributed by atoms with Gasteiger partial charge in [0.15, 0.2) is 0 Å². The van der Waals surface area contributed by atoms with Crippen molar-refractivity contribution < 1.29 is 17.7 Å². The number of rotatable bonds is 5. The van der Waals surface area contributed by atoms with Gasteiger partial charge in [0.05, 0.1) is 10.9 Å². The molecule has 1 unspecified atom stereocenters. The molecular formula is C9H15FO3Si. The smallest absolute Gasteiger partial charge is 0.376 e. The van der Waals surface area contributed by atoms with Crippen LogP contribution in [0.4, 0.5) is 4.39 Å². The van der Waals surface area contributed by atoms with Crippen molar-refractivity contribution in [3.8, 4) is 0 Å². The molecule has 0 aliphatic heterocycles. The van der Waals surface area contributed by atoms with E-state index in [2.05, 4.69) is 6.58 Å². The molecule has 0 saturated heterocycles. The summed E-state index contributed by atoms with van der Waals surface area (Å²) in [7, 11) is 1.66. The van der Waals surface area contributed by atoms with Gasteiger partial charge in [0.2, 0.25) is 0 Å². The molecule has 0 bridgehead atoms. The summed E-state index contributed by atoms with van der Waals surface area (Å²) in [6, 6.07) is 0. The first-order valence-corrected chi connectivity index (χ1v) is 5.98. The Morgan fingerprint density at radius 1 is 1.43 bits per heavy atom. The van der Waals surface area contributed by atoms with Crippen molar-refractivity contribution in [2.75, 3.05) is 21.3 Å². The Morgan fingerprint density at radius 3 is 2.07 bits per heavy atom. The van der Waals surface area contributed by atoms with Crippen molar-refractivity contribution in [1.29, 1.82) is 0 Å². The van der Waals surface area contributed by atoms with Gasteiger partial charge in [-0.25, -0.2) is 4.39 Å². The van der Waals surface area contributed by atoms with E-state index in [1.54, 1.807) is 6.08 Å². The topological polar surface area (TPSA) is 27.7 Å². The van der Waals surface area contributed by atoms with Crippen LogP contribution < -0.4 is 0 Å². The van der Waals surface area contributed by atoms with E-state index in [0.717, 1.165) is 0 Å². The number of halogens is 1. The third-order valence-electron chi connectivity index (χ3n) is 2.62. The molecule has 0 heterocycles. The summed E-state index contributed by atoms with van der Waals surface area (Å²) < 4.78 is 28.7. The van der Waals surface area contributed by atoms with Crippen molar-refractivity contribution in [3.05, 3.63) is 24.6 Å². The van der Waals surface area contributed by atoms with Gasteiger partial charge >= 0.3 is 8.80 Å². The van der Waals surface area contributed by atoms with Crippen LogP contribution in [0.3, 0.4) is 0 Å². The summed E-state index contributed by atoms with van der Waals surface area (Å²) in [4.78, 5) is 0. The second kappa shape index (κ2) is 3.94. The summed E-state index contributed by atoms with van der Waals surface area (Å²) in [6.07, 6.45) is 3.35. The molecule has 1 atom stereocenters. The van der Waals surface area contributed by atoms with E-state index in [9.17, 15) is 4.39 Å². The van der Waals surface area contributed by atoms with Crippen LogP contribution in [-0.2, 0) is 13.3 Å². The van der Waals surface area contributed by atoms with E-state index < -0.39 is 13.8 Å². The maximum atomic E-state index is 12.8. The molecule has 80 valence electrons. The molecule has 0 aromatic carbocycles. The van der Waals surface area contributed by atoms with Crippen molar-refractivity contribution in [1.82, 2.24) is 0 Å². The lowest BCUT2D eigenvalue weighted by Gasteiger charge is -2.43. The standard InChI is InChI=1S/C9H15FO3Si/c1-5-9(6-8(10)7-9)14(11-2,12-3)13-4/h5-6H,1,7H2,2-4H3. The van der Waals surface area contributed by atoms with Crippen LogP contribution in [0, 0.1) is 0 Å². The lowest BCUT2D eigenvalue weighted by Crippen LogP contribution is -2.55. The van der Waals surface area contributed by atoms with Gasteiger partial charge < -0.3 is 13.3 Å². The van der Waals surface area contributed by atoms with Crippen molar-refractivity contribution in [2.24, 2.45) is 0 Å². The largest absolute Gasteiger partial charge is 0.515 e. The highest BCUT2D eigenvalue weighted by atomic mass is 28.4. The van der Waals surface area contributed by atoms with Gasteiger partial charge in [-0.1, -0.05) is 6.08 Å². The molecule has 0 aromatic rings. The Hall–Kier alpha value is -0.493. The molecule has 3 nitrogen and oxygen atoms in total. The Labute approximate surface area is 84.5 Å². The predicted molar refractivity (Wildman–Crippen MR) is 53.5 cm³/mol. The predicted octanol–water partition coefficient (Wildman–Crippen LogP) is 2.05. The van der Waals surface area contributed by atoms with Crippen molar-refractivity contribution in [3.63, 3.8) is 0 Å². The summed E-state index contributed by atoms with van der Waals surface area (Å²) >= 11 is 0. The molecule has 0 spiro atoms. The normalized spacial score (nSPS) is 26.7. The first-order chi connectivity index (χ1) is 6.59. The molecule has 0 saturated carbocycles. The van der Waals surface area contributed by atoms with Crippen LogP contribution >= 0.6 is 0 Å². The third-order valence-corrected chi connectivity index (χ3v) is 5.89. The Kier molecular flexibility index (Phi) is 3.26. The van der Waals surface area contributed by atoms with Crippen LogP contribution in [0.2, 0.25) is 5.04 Å². The quantitative estimate of drug-likeness (QED) is 0.522. The van der Waals surface area contributed by atoms with E-state index in [1.165, 1.54) is 27.4 Å². The zero-order chi connectivity index (χ0) is 10.8. The van der Waals surface area contributed by atoms with Gasteiger partial charge in [-0.05, 0) is 6.08 Å². The molecule has 0 amide bonds. The first kappa shape index (κ1) is 11.6. The third kappa shape index (κ3) is 1.36. The molecule has 0 radical (unpaired) electrons. The zero-order valence-corrected chi connectivity index (χ0v) is 9.67. The lowest BCUT2D eigenvalue weighted by molar-refractivity contribution is 0.100. The maximum absolute atomic E-state index is 12.8. The molecule has 0 aromatic heterocycles. The van der Waals surface area contributed by atoms with Gasteiger partial charge in [0.1, 0.15) is 0 Å². The van der Waals surface area contributed by atoms with Gasteiger partial charge in [0.25, 0.3) is 0 Å². The summed E-state index contributed by atoms with van der Waals surface area (Å²) in [6.45, 7) is 3.68. The van der Waals surface area contributed by atoms with E-state index in [4.69, 9.17) is 13.3 Å². The number of allylic oxidation sites excluding steroid dienone is 3. The minimum atomic E-state index is -2.86. The van der Waals surface area contributed by atoms with E-state index in [0.29, 0.717) is 0 Å². The van der Waals surface area contributed by atoms with Crippen LogP contribution in [0.25, 0.3) is 0 Å². The molecule has 5 heteroatoms. The van der Waals surface area contributed by atoms with Gasteiger partial charge in [-0.2, -0.15) is 0 Å². The molecule has 0 N–H and O–H groups in total. The van der Waals surface area contributed by atoms with Gasteiger partial charge in [-0.15, -0.1) is 6.58 Å². The lowest BCUT2D eigenvalue weighted by atomic mass is 9.92. The van der Waals surface area contributed by atoms with Gasteiger partial charge in [0, 0.05) is 27.8 Å². The number of hydrogen-bond donors (Lipinski definition) is 0. The summed E-state index contributed by atoms with van der Waals surface area (Å²) in [5, 5.41) is -0.602. The molecule has 1 aliphatic carbocycles. The first-order valence-electron chi connectivity index (χ1n) is 4.26. The van der Waals surface area contributed by atoms with Crippen LogP contribution in [0.1, 0.15) is 6.42 Å². The highest BCUT2D eigenvalue weighted by molar-refractivity contribution is 6.66. The highest BCUT2D eigenvalue weighted by Gasteiger charge is 2.61. The molecule has 1 rings (SSSR count). The fraction of sp³-hybridized carbons (Fsp3) is 0.556. The highest BCUT2D eigenvalue weighted by Crippen LogP contribution is 2.55. The fourth-order valence-electron chi connectivity index (χ4n) is 1.80.